The Labute approximate surface area is 112 Å². The maximum absolute atomic E-state index is 11.7. The lowest BCUT2D eigenvalue weighted by atomic mass is 9.94. The molecule has 0 bridgehead atoms. The van der Waals surface area contributed by atoms with Crippen molar-refractivity contribution in [3.8, 4) is 0 Å². The second kappa shape index (κ2) is 4.17. The van der Waals surface area contributed by atoms with E-state index >= 15 is 0 Å². The second-order valence-corrected chi connectivity index (χ2v) is 5.65. The zero-order valence-electron chi connectivity index (χ0n) is 8.48. The first-order valence-electron chi connectivity index (χ1n) is 4.49. The van der Waals surface area contributed by atoms with Gasteiger partial charge in [-0.25, -0.2) is 0 Å². The predicted molar refractivity (Wildman–Crippen MR) is 63.6 cm³/mol. The summed E-state index contributed by atoms with van der Waals surface area (Å²) in [6.45, 7) is 0. The average molecular weight is 307 g/mol. The number of benzene rings is 1. The summed E-state index contributed by atoms with van der Waals surface area (Å²) in [5, 5.41) is -0.879. The van der Waals surface area contributed by atoms with Gasteiger partial charge < -0.3 is 0 Å². The van der Waals surface area contributed by atoms with Gasteiger partial charge in [0.1, 0.15) is 10.1 Å². The molecule has 18 heavy (non-hydrogen) atoms. The number of rotatable bonds is 1. The van der Waals surface area contributed by atoms with Crippen LogP contribution in [0.2, 0.25) is 0 Å². The fraction of sp³-hybridized carbons (Fsp3) is 0. The van der Waals surface area contributed by atoms with Crippen molar-refractivity contribution >= 4 is 44.9 Å². The molecule has 0 saturated heterocycles. The fourth-order valence-corrected chi connectivity index (χ4v) is 2.39. The summed E-state index contributed by atoms with van der Waals surface area (Å²) in [4.78, 5) is 22.9. The average Bonchev–Trinajstić information content (AvgIpc) is 2.32. The van der Waals surface area contributed by atoms with Crippen LogP contribution in [-0.4, -0.2) is 24.5 Å². The van der Waals surface area contributed by atoms with Crippen LogP contribution in [-0.2, 0) is 10.1 Å². The standard InChI is InChI=1S/C10H4Cl2O5S/c11-7-8(12)10(14)6-3-4(18(15,16)17)1-2-5(6)9(7)13/h1-3H,(H,15,16,17). The van der Waals surface area contributed by atoms with E-state index < -0.39 is 36.6 Å². The molecule has 0 aliphatic heterocycles. The minimum atomic E-state index is -4.46. The summed E-state index contributed by atoms with van der Waals surface area (Å²) in [6.07, 6.45) is 0. The lowest BCUT2D eigenvalue weighted by Gasteiger charge is -2.14. The van der Waals surface area contributed by atoms with Crippen LogP contribution in [0.3, 0.4) is 0 Å². The summed E-state index contributed by atoms with van der Waals surface area (Å²) in [5.74, 6) is -1.43. The van der Waals surface area contributed by atoms with Crippen molar-refractivity contribution < 1.29 is 22.6 Å². The van der Waals surface area contributed by atoms with Gasteiger partial charge in [-0.3, -0.25) is 14.1 Å². The minimum absolute atomic E-state index is 0.0539. The van der Waals surface area contributed by atoms with E-state index in [0.717, 1.165) is 18.2 Å². The van der Waals surface area contributed by atoms with Gasteiger partial charge >= 0.3 is 0 Å². The molecule has 0 spiro atoms. The Morgan fingerprint density at radius 3 is 1.94 bits per heavy atom. The van der Waals surface area contributed by atoms with E-state index in [9.17, 15) is 18.0 Å². The van der Waals surface area contributed by atoms with E-state index in [1.165, 1.54) is 0 Å². The molecule has 0 radical (unpaired) electrons. The van der Waals surface area contributed by atoms with Gasteiger partial charge in [0.05, 0.1) is 4.90 Å². The highest BCUT2D eigenvalue weighted by Gasteiger charge is 2.31. The summed E-state index contributed by atoms with van der Waals surface area (Å²) >= 11 is 11.2. The fourth-order valence-electron chi connectivity index (χ4n) is 1.51. The molecule has 1 aromatic rings. The Kier molecular flexibility index (Phi) is 3.06. The van der Waals surface area contributed by atoms with E-state index in [0.29, 0.717) is 0 Å². The molecule has 0 atom stereocenters. The molecule has 0 fully saturated rings. The maximum atomic E-state index is 11.7. The molecule has 0 unspecified atom stereocenters. The highest BCUT2D eigenvalue weighted by molar-refractivity contribution is 7.85. The molecule has 1 N–H and O–H groups in total. The molecule has 5 nitrogen and oxygen atoms in total. The molecular formula is C10H4Cl2O5S. The molecule has 0 heterocycles. The third-order valence-electron chi connectivity index (χ3n) is 2.37. The largest absolute Gasteiger partial charge is 0.294 e. The van der Waals surface area contributed by atoms with Crippen LogP contribution < -0.4 is 0 Å². The third kappa shape index (κ3) is 1.97. The normalized spacial score (nSPS) is 15.9. The van der Waals surface area contributed by atoms with Crippen molar-refractivity contribution in [2.75, 3.05) is 0 Å². The molecular weight excluding hydrogens is 303 g/mol. The molecule has 2 rings (SSSR count). The molecule has 94 valence electrons. The van der Waals surface area contributed by atoms with Crippen molar-refractivity contribution in [3.63, 3.8) is 0 Å². The van der Waals surface area contributed by atoms with Crippen LogP contribution in [0.4, 0.5) is 0 Å². The van der Waals surface area contributed by atoms with Gasteiger partial charge in [0, 0.05) is 11.1 Å². The van der Waals surface area contributed by atoms with Crippen molar-refractivity contribution in [1.29, 1.82) is 0 Å². The SMILES string of the molecule is O=C1C(Cl)=C(Cl)C(=O)c2cc(S(=O)(=O)O)ccc21. The number of allylic oxidation sites excluding steroid dienone is 2. The van der Waals surface area contributed by atoms with Crippen LogP contribution in [0.1, 0.15) is 20.7 Å². The second-order valence-electron chi connectivity index (χ2n) is 3.47. The van der Waals surface area contributed by atoms with E-state index in [1.54, 1.807) is 0 Å². The lowest BCUT2D eigenvalue weighted by Crippen LogP contribution is -2.18. The molecule has 0 amide bonds. The number of Topliss-reactive ketones (excluding diaryl/α,β-unsaturated/α-hetero) is 2. The lowest BCUT2D eigenvalue weighted by molar-refractivity contribution is 0.0986. The molecule has 0 aromatic heterocycles. The highest BCUT2D eigenvalue weighted by atomic mass is 35.5. The topological polar surface area (TPSA) is 88.5 Å². The summed E-state index contributed by atoms with van der Waals surface area (Å²) in [6, 6.07) is 2.99. The third-order valence-corrected chi connectivity index (χ3v) is 4.04. The number of fused-ring (bicyclic) bond motifs is 1. The first-order chi connectivity index (χ1) is 8.23. The summed E-state index contributed by atoms with van der Waals surface area (Å²) in [7, 11) is -4.46. The zero-order chi connectivity index (χ0) is 13.7. The molecule has 1 aliphatic carbocycles. The molecule has 0 saturated carbocycles. The quantitative estimate of drug-likeness (QED) is 0.802. The van der Waals surface area contributed by atoms with Gasteiger partial charge in [-0.1, -0.05) is 23.2 Å². The number of hydrogen-bond donors (Lipinski definition) is 1. The first kappa shape index (κ1) is 13.2. The Morgan fingerprint density at radius 1 is 0.944 bits per heavy atom. The number of carbonyl (C=O) groups excluding carboxylic acids is 2. The van der Waals surface area contributed by atoms with Crippen LogP contribution in [0, 0.1) is 0 Å². The Morgan fingerprint density at radius 2 is 1.44 bits per heavy atom. The van der Waals surface area contributed by atoms with Crippen LogP contribution in [0.25, 0.3) is 0 Å². The highest BCUT2D eigenvalue weighted by Crippen LogP contribution is 2.31. The van der Waals surface area contributed by atoms with Gasteiger partial charge in [0.2, 0.25) is 11.6 Å². The van der Waals surface area contributed by atoms with Gasteiger partial charge in [0.25, 0.3) is 10.1 Å². The minimum Gasteiger partial charge on any atom is -0.288 e. The van der Waals surface area contributed by atoms with Crippen molar-refractivity contribution in [1.82, 2.24) is 0 Å². The Hall–Kier alpha value is -1.21. The van der Waals surface area contributed by atoms with Crippen molar-refractivity contribution in [3.05, 3.63) is 39.4 Å². The molecule has 1 aromatic carbocycles. The first-order valence-corrected chi connectivity index (χ1v) is 6.69. The van der Waals surface area contributed by atoms with E-state index in [1.807, 2.05) is 0 Å². The number of halogens is 2. The van der Waals surface area contributed by atoms with Gasteiger partial charge in [-0.2, -0.15) is 8.42 Å². The van der Waals surface area contributed by atoms with Crippen LogP contribution in [0.15, 0.2) is 33.2 Å². The van der Waals surface area contributed by atoms with E-state index in [4.69, 9.17) is 27.8 Å². The van der Waals surface area contributed by atoms with Crippen molar-refractivity contribution in [2.24, 2.45) is 0 Å². The number of hydrogen-bond acceptors (Lipinski definition) is 4. The van der Waals surface area contributed by atoms with Gasteiger partial charge in [-0.05, 0) is 18.2 Å². The maximum Gasteiger partial charge on any atom is 0.294 e. The Balaban J connectivity index is 2.74. The van der Waals surface area contributed by atoms with Crippen LogP contribution in [0.5, 0.6) is 0 Å². The number of carbonyl (C=O) groups is 2. The van der Waals surface area contributed by atoms with Gasteiger partial charge in [-0.15, -0.1) is 0 Å². The smallest absolute Gasteiger partial charge is 0.288 e. The summed E-state index contributed by atoms with van der Waals surface area (Å²) < 4.78 is 30.7. The van der Waals surface area contributed by atoms with Crippen LogP contribution >= 0.6 is 23.2 Å². The van der Waals surface area contributed by atoms with Crippen molar-refractivity contribution in [2.45, 2.75) is 4.90 Å². The predicted octanol–water partition coefficient (Wildman–Crippen LogP) is 2.00. The van der Waals surface area contributed by atoms with E-state index in [-0.39, 0.29) is 11.1 Å². The Bertz CT molecular complexity index is 718. The monoisotopic (exact) mass is 306 g/mol. The molecule has 8 heteroatoms. The van der Waals surface area contributed by atoms with Gasteiger partial charge in [0.15, 0.2) is 0 Å². The summed E-state index contributed by atoms with van der Waals surface area (Å²) in [5.41, 5.74) is -0.258. The number of ketones is 2. The zero-order valence-corrected chi connectivity index (χ0v) is 10.8. The molecule has 1 aliphatic rings. The van der Waals surface area contributed by atoms with E-state index in [2.05, 4.69) is 0 Å².